The first kappa shape index (κ1) is 12.2. The van der Waals surface area contributed by atoms with E-state index < -0.39 is 0 Å². The number of halogens is 3. The smallest absolute Gasteiger partial charge is 0.123 e. The molecule has 0 unspecified atom stereocenters. The van der Waals surface area contributed by atoms with Gasteiger partial charge >= 0.3 is 0 Å². The molecule has 1 fully saturated rings. The number of hydrogen-bond acceptors (Lipinski definition) is 1. The fourth-order valence-electron chi connectivity index (χ4n) is 1.91. The second-order valence-corrected chi connectivity index (χ2v) is 5.33. The summed E-state index contributed by atoms with van der Waals surface area (Å²) in [4.78, 5) is 0. The Hall–Kier alpha value is -0.310. The summed E-state index contributed by atoms with van der Waals surface area (Å²) >= 11 is 11.8. The quantitative estimate of drug-likeness (QED) is 0.818. The Labute approximate surface area is 105 Å². The van der Waals surface area contributed by atoms with Gasteiger partial charge in [-0.2, -0.15) is 0 Å². The lowest BCUT2D eigenvalue weighted by Gasteiger charge is -2.31. The fraction of sp³-hybridized carbons (Fsp3) is 0.500. The molecule has 0 spiro atoms. The van der Waals surface area contributed by atoms with Gasteiger partial charge in [0.15, 0.2) is 0 Å². The van der Waals surface area contributed by atoms with Gasteiger partial charge in [-0.15, -0.1) is 11.6 Å². The predicted octanol–water partition coefficient (Wildman–Crippen LogP) is 3.59. The molecule has 1 saturated carbocycles. The van der Waals surface area contributed by atoms with Crippen LogP contribution in [0.4, 0.5) is 4.39 Å². The monoisotopic (exact) mass is 261 g/mol. The molecule has 0 amide bonds. The molecule has 88 valence electrons. The molecule has 1 N–H and O–H groups in total. The minimum atomic E-state index is -0.245. The zero-order valence-electron chi connectivity index (χ0n) is 8.85. The van der Waals surface area contributed by atoms with Crippen molar-refractivity contribution in [3.8, 4) is 0 Å². The van der Waals surface area contributed by atoms with Crippen molar-refractivity contribution < 1.29 is 4.39 Å². The molecule has 1 aromatic rings. The van der Waals surface area contributed by atoms with E-state index in [2.05, 4.69) is 5.32 Å². The van der Waals surface area contributed by atoms with Crippen molar-refractivity contribution in [1.29, 1.82) is 0 Å². The third-order valence-electron chi connectivity index (χ3n) is 2.93. The molecule has 1 aliphatic rings. The van der Waals surface area contributed by atoms with Gasteiger partial charge in [-0.25, -0.2) is 4.39 Å². The van der Waals surface area contributed by atoms with Gasteiger partial charge in [0.2, 0.25) is 0 Å². The lowest BCUT2D eigenvalue weighted by atomic mass is 9.85. The maximum Gasteiger partial charge on any atom is 0.123 e. The van der Waals surface area contributed by atoms with E-state index in [1.54, 1.807) is 6.07 Å². The molecular formula is C12H14Cl2FN. The van der Waals surface area contributed by atoms with Crippen molar-refractivity contribution in [2.24, 2.45) is 5.92 Å². The lowest BCUT2D eigenvalue weighted by molar-refractivity contribution is 0.308. The summed E-state index contributed by atoms with van der Waals surface area (Å²) in [6.45, 7) is 1.54. The molecule has 0 heterocycles. The highest BCUT2D eigenvalue weighted by atomic mass is 35.5. The molecule has 0 bridgehead atoms. The van der Waals surface area contributed by atoms with Gasteiger partial charge in [-0.3, -0.25) is 0 Å². The van der Waals surface area contributed by atoms with E-state index in [4.69, 9.17) is 23.2 Å². The average Bonchev–Trinajstić information content (AvgIpc) is 2.20. The van der Waals surface area contributed by atoms with E-state index in [-0.39, 0.29) is 5.82 Å². The zero-order chi connectivity index (χ0) is 11.5. The first-order valence-corrected chi connectivity index (χ1v) is 6.25. The van der Waals surface area contributed by atoms with Crippen molar-refractivity contribution in [3.05, 3.63) is 34.6 Å². The number of alkyl halides is 1. The Morgan fingerprint density at radius 3 is 2.81 bits per heavy atom. The van der Waals surface area contributed by atoms with Crippen LogP contribution < -0.4 is 5.32 Å². The minimum Gasteiger partial charge on any atom is -0.312 e. The molecule has 16 heavy (non-hydrogen) atoms. The van der Waals surface area contributed by atoms with E-state index in [0.29, 0.717) is 22.9 Å². The van der Waals surface area contributed by atoms with Gasteiger partial charge in [0.1, 0.15) is 5.82 Å². The SMILES string of the molecule is Fc1ccc(Cl)c(CNCC2CC(Cl)C2)c1. The Balaban J connectivity index is 1.78. The second-order valence-electron chi connectivity index (χ2n) is 4.30. The van der Waals surface area contributed by atoms with Crippen molar-refractivity contribution >= 4 is 23.2 Å². The van der Waals surface area contributed by atoms with E-state index in [0.717, 1.165) is 24.9 Å². The Morgan fingerprint density at radius 2 is 2.12 bits per heavy atom. The average molecular weight is 262 g/mol. The number of nitrogens with one attached hydrogen (secondary N) is 1. The van der Waals surface area contributed by atoms with E-state index in [1.807, 2.05) is 0 Å². The molecule has 0 atom stereocenters. The standard InChI is InChI=1S/C12H14Cl2FN/c13-10-3-8(4-10)6-16-7-9-5-11(15)1-2-12(9)14/h1-2,5,8,10,16H,3-4,6-7H2. The van der Waals surface area contributed by atoms with Gasteiger partial charge < -0.3 is 5.32 Å². The van der Waals surface area contributed by atoms with Crippen LogP contribution in [0.2, 0.25) is 5.02 Å². The highest BCUT2D eigenvalue weighted by Crippen LogP contribution is 2.31. The minimum absolute atomic E-state index is 0.245. The van der Waals surface area contributed by atoms with Crippen LogP contribution in [-0.4, -0.2) is 11.9 Å². The third kappa shape index (κ3) is 3.09. The van der Waals surface area contributed by atoms with Gasteiger partial charge in [0.25, 0.3) is 0 Å². The van der Waals surface area contributed by atoms with Crippen LogP contribution in [0, 0.1) is 11.7 Å². The molecule has 4 heteroatoms. The predicted molar refractivity (Wildman–Crippen MR) is 65.5 cm³/mol. The largest absolute Gasteiger partial charge is 0.312 e. The summed E-state index contributed by atoms with van der Waals surface area (Å²) in [6, 6.07) is 4.43. The van der Waals surface area contributed by atoms with Crippen molar-refractivity contribution in [2.75, 3.05) is 6.54 Å². The Morgan fingerprint density at radius 1 is 1.38 bits per heavy atom. The summed E-state index contributed by atoms with van der Waals surface area (Å²) in [5.74, 6) is 0.417. The maximum atomic E-state index is 13.0. The van der Waals surface area contributed by atoms with E-state index >= 15 is 0 Å². The molecule has 0 radical (unpaired) electrons. The zero-order valence-corrected chi connectivity index (χ0v) is 10.4. The number of hydrogen-bond donors (Lipinski definition) is 1. The third-order valence-corrected chi connectivity index (χ3v) is 3.66. The summed E-state index contributed by atoms with van der Waals surface area (Å²) in [5, 5.41) is 4.24. The molecular weight excluding hydrogens is 248 g/mol. The fourth-order valence-corrected chi connectivity index (χ4v) is 2.60. The van der Waals surface area contributed by atoms with Gasteiger partial charge in [-0.05, 0) is 49.1 Å². The second kappa shape index (κ2) is 5.35. The Kier molecular flexibility index (Phi) is 4.06. The van der Waals surface area contributed by atoms with E-state index in [1.165, 1.54) is 12.1 Å². The molecule has 1 aliphatic carbocycles. The molecule has 0 aromatic heterocycles. The maximum absolute atomic E-state index is 13.0. The van der Waals surface area contributed by atoms with Crippen LogP contribution in [-0.2, 0) is 6.54 Å². The topological polar surface area (TPSA) is 12.0 Å². The number of rotatable bonds is 4. The van der Waals surface area contributed by atoms with Crippen LogP contribution in [0.5, 0.6) is 0 Å². The first-order chi connectivity index (χ1) is 7.65. The molecule has 2 rings (SSSR count). The normalized spacial score (nSPS) is 24.2. The summed E-state index contributed by atoms with van der Waals surface area (Å²) in [6.07, 6.45) is 2.15. The summed E-state index contributed by atoms with van der Waals surface area (Å²) < 4.78 is 13.0. The molecule has 1 nitrogen and oxygen atoms in total. The van der Waals surface area contributed by atoms with Crippen molar-refractivity contribution in [3.63, 3.8) is 0 Å². The highest BCUT2D eigenvalue weighted by molar-refractivity contribution is 6.31. The van der Waals surface area contributed by atoms with E-state index in [9.17, 15) is 4.39 Å². The molecule has 1 aromatic carbocycles. The van der Waals surface area contributed by atoms with Crippen LogP contribution in [0.25, 0.3) is 0 Å². The molecule has 0 aliphatic heterocycles. The van der Waals surface area contributed by atoms with Crippen LogP contribution in [0.3, 0.4) is 0 Å². The highest BCUT2D eigenvalue weighted by Gasteiger charge is 2.26. The number of benzene rings is 1. The summed E-state index contributed by atoms with van der Waals surface area (Å²) in [7, 11) is 0. The summed E-state index contributed by atoms with van der Waals surface area (Å²) in [5.41, 5.74) is 0.809. The molecule has 0 saturated heterocycles. The van der Waals surface area contributed by atoms with Crippen LogP contribution in [0.15, 0.2) is 18.2 Å². The van der Waals surface area contributed by atoms with Gasteiger partial charge in [0, 0.05) is 16.9 Å². The first-order valence-electron chi connectivity index (χ1n) is 5.44. The Bertz CT molecular complexity index is 364. The van der Waals surface area contributed by atoms with Gasteiger partial charge in [0.05, 0.1) is 0 Å². The van der Waals surface area contributed by atoms with Crippen molar-refractivity contribution in [2.45, 2.75) is 24.8 Å². The van der Waals surface area contributed by atoms with Crippen LogP contribution >= 0.6 is 23.2 Å². The van der Waals surface area contributed by atoms with Gasteiger partial charge in [-0.1, -0.05) is 11.6 Å². The van der Waals surface area contributed by atoms with Crippen molar-refractivity contribution in [1.82, 2.24) is 5.32 Å². The lowest BCUT2D eigenvalue weighted by Crippen LogP contribution is -2.33. The van der Waals surface area contributed by atoms with Crippen LogP contribution in [0.1, 0.15) is 18.4 Å².